The zero-order valence-corrected chi connectivity index (χ0v) is 11.7. The van der Waals surface area contributed by atoms with Gasteiger partial charge in [-0.3, -0.25) is 4.79 Å². The molecular formula is C13H11BrF3NO. The average Bonchev–Trinajstić information content (AvgIpc) is 2.65. The topological polar surface area (TPSA) is 22.0 Å². The van der Waals surface area contributed by atoms with Gasteiger partial charge in [-0.2, -0.15) is 13.2 Å². The van der Waals surface area contributed by atoms with Gasteiger partial charge in [-0.15, -0.1) is 0 Å². The minimum Gasteiger partial charge on any atom is -0.347 e. The molecule has 0 aliphatic carbocycles. The lowest BCUT2D eigenvalue weighted by Gasteiger charge is -2.03. The Morgan fingerprint density at radius 3 is 2.63 bits per heavy atom. The largest absolute Gasteiger partial charge is 0.454 e. The van der Waals surface area contributed by atoms with Crippen LogP contribution in [0.25, 0.3) is 10.9 Å². The zero-order chi connectivity index (χ0) is 14.2. The number of Topliss-reactive ketones (excluding diaryl/α,β-unsaturated/α-hetero) is 1. The fourth-order valence-electron chi connectivity index (χ4n) is 2.03. The van der Waals surface area contributed by atoms with Crippen LogP contribution in [0.2, 0.25) is 0 Å². The summed E-state index contributed by atoms with van der Waals surface area (Å²) in [6, 6.07) is 5.00. The van der Waals surface area contributed by atoms with Gasteiger partial charge in [0.15, 0.2) is 0 Å². The van der Waals surface area contributed by atoms with Crippen LogP contribution in [0.15, 0.2) is 28.9 Å². The number of hydrogen-bond acceptors (Lipinski definition) is 1. The summed E-state index contributed by atoms with van der Waals surface area (Å²) in [6.07, 6.45) is -2.79. The molecule has 2 aromatic rings. The fraction of sp³-hybridized carbons (Fsp3) is 0.308. The molecule has 0 aliphatic heterocycles. The van der Waals surface area contributed by atoms with Crippen LogP contribution in [0, 0.1) is 0 Å². The normalized spacial score (nSPS) is 12.1. The number of alkyl halides is 3. The lowest BCUT2D eigenvalue weighted by Crippen LogP contribution is -2.22. The Hall–Kier alpha value is -1.30. The van der Waals surface area contributed by atoms with Gasteiger partial charge < -0.3 is 4.57 Å². The fourth-order valence-corrected chi connectivity index (χ4v) is 2.39. The Labute approximate surface area is 116 Å². The molecule has 0 aliphatic rings. The van der Waals surface area contributed by atoms with E-state index in [4.69, 9.17) is 0 Å². The molecule has 0 saturated heterocycles. The van der Waals surface area contributed by atoms with Crippen LogP contribution in [0.3, 0.4) is 0 Å². The molecule has 0 unspecified atom stereocenters. The summed E-state index contributed by atoms with van der Waals surface area (Å²) < 4.78 is 40.1. The summed E-state index contributed by atoms with van der Waals surface area (Å²) in [4.78, 5) is 11.5. The standard InChI is InChI=1S/C13H11BrF3NO/c1-2-5-18-7-10(12(19)13(15,16)17)9-6-8(14)3-4-11(9)18/h3-4,6-7H,2,5H2,1H3. The van der Waals surface area contributed by atoms with E-state index in [1.807, 2.05) is 6.92 Å². The molecule has 6 heteroatoms. The molecule has 0 atom stereocenters. The van der Waals surface area contributed by atoms with E-state index in [9.17, 15) is 18.0 Å². The first kappa shape index (κ1) is 14.1. The lowest BCUT2D eigenvalue weighted by molar-refractivity contribution is -0.0884. The van der Waals surface area contributed by atoms with Crippen LogP contribution in [0.1, 0.15) is 23.7 Å². The third-order valence-electron chi connectivity index (χ3n) is 2.81. The molecule has 19 heavy (non-hydrogen) atoms. The van der Waals surface area contributed by atoms with Crippen LogP contribution < -0.4 is 0 Å². The maximum absolute atomic E-state index is 12.6. The molecule has 102 valence electrons. The molecule has 0 N–H and O–H groups in total. The minimum atomic E-state index is -4.85. The molecule has 0 bridgehead atoms. The van der Waals surface area contributed by atoms with Gasteiger partial charge in [0.25, 0.3) is 5.78 Å². The minimum absolute atomic E-state index is 0.294. The smallest absolute Gasteiger partial charge is 0.347 e. The Kier molecular flexibility index (Phi) is 3.71. The van der Waals surface area contributed by atoms with Crippen LogP contribution in [0.5, 0.6) is 0 Å². The van der Waals surface area contributed by atoms with Gasteiger partial charge in [-0.1, -0.05) is 22.9 Å². The van der Waals surface area contributed by atoms with E-state index in [0.717, 1.165) is 6.42 Å². The van der Waals surface area contributed by atoms with Crippen molar-refractivity contribution in [2.24, 2.45) is 0 Å². The first-order valence-corrected chi connectivity index (χ1v) is 6.53. The molecule has 2 nitrogen and oxygen atoms in total. The molecule has 0 spiro atoms. The molecule has 0 saturated carbocycles. The summed E-state index contributed by atoms with van der Waals surface area (Å²) in [5.74, 6) is -1.80. The Bertz CT molecular complexity index is 631. The second-order valence-corrected chi connectivity index (χ2v) is 5.14. The van der Waals surface area contributed by atoms with Crippen molar-refractivity contribution in [1.29, 1.82) is 0 Å². The van der Waals surface area contributed by atoms with Crippen molar-refractivity contribution >= 4 is 32.6 Å². The highest BCUT2D eigenvalue weighted by atomic mass is 79.9. The van der Waals surface area contributed by atoms with Crippen LogP contribution >= 0.6 is 15.9 Å². The van der Waals surface area contributed by atoms with Crippen LogP contribution in [-0.4, -0.2) is 16.5 Å². The molecule has 0 radical (unpaired) electrons. The molecule has 0 fully saturated rings. The number of fused-ring (bicyclic) bond motifs is 1. The van der Waals surface area contributed by atoms with Crippen molar-refractivity contribution in [2.75, 3.05) is 0 Å². The number of nitrogens with zero attached hydrogens (tertiary/aromatic N) is 1. The van der Waals surface area contributed by atoms with Crippen LogP contribution in [-0.2, 0) is 6.54 Å². The Balaban J connectivity index is 2.67. The summed E-state index contributed by atoms with van der Waals surface area (Å²) in [6.45, 7) is 2.50. The number of ketones is 1. The first-order chi connectivity index (χ1) is 8.84. The highest BCUT2D eigenvalue weighted by Gasteiger charge is 2.40. The summed E-state index contributed by atoms with van der Waals surface area (Å²) >= 11 is 3.21. The van der Waals surface area contributed by atoms with E-state index < -0.39 is 12.0 Å². The second-order valence-electron chi connectivity index (χ2n) is 4.22. The van der Waals surface area contributed by atoms with Gasteiger partial charge in [0.1, 0.15) is 0 Å². The molecule has 1 aromatic heterocycles. The Morgan fingerprint density at radius 2 is 2.05 bits per heavy atom. The third kappa shape index (κ3) is 2.68. The number of carbonyl (C=O) groups is 1. The number of aryl methyl sites for hydroxylation is 1. The van der Waals surface area contributed by atoms with E-state index in [1.165, 1.54) is 6.20 Å². The third-order valence-corrected chi connectivity index (χ3v) is 3.30. The number of aromatic nitrogens is 1. The monoisotopic (exact) mass is 333 g/mol. The van der Waals surface area contributed by atoms with E-state index in [1.54, 1.807) is 22.8 Å². The number of benzene rings is 1. The average molecular weight is 334 g/mol. The molecule has 2 rings (SSSR count). The van der Waals surface area contributed by atoms with Crippen molar-refractivity contribution in [1.82, 2.24) is 4.57 Å². The highest BCUT2D eigenvalue weighted by Crippen LogP contribution is 2.30. The van der Waals surface area contributed by atoms with Gasteiger partial charge in [0.2, 0.25) is 0 Å². The predicted molar refractivity (Wildman–Crippen MR) is 70.3 cm³/mol. The SMILES string of the molecule is CCCn1cc(C(=O)C(F)(F)F)c2cc(Br)ccc21. The predicted octanol–water partition coefficient (Wildman–Crippen LogP) is 4.56. The maximum atomic E-state index is 12.6. The van der Waals surface area contributed by atoms with E-state index in [-0.39, 0.29) is 5.56 Å². The number of halogens is 4. The van der Waals surface area contributed by atoms with E-state index in [0.29, 0.717) is 21.9 Å². The Morgan fingerprint density at radius 1 is 1.37 bits per heavy atom. The van der Waals surface area contributed by atoms with Crippen molar-refractivity contribution in [3.8, 4) is 0 Å². The quantitative estimate of drug-likeness (QED) is 0.755. The second kappa shape index (κ2) is 5.00. The molecular weight excluding hydrogens is 323 g/mol. The van der Waals surface area contributed by atoms with Crippen molar-refractivity contribution in [2.45, 2.75) is 26.1 Å². The molecule has 1 aromatic carbocycles. The van der Waals surface area contributed by atoms with Gasteiger partial charge in [-0.25, -0.2) is 0 Å². The summed E-state index contributed by atoms with van der Waals surface area (Å²) in [5.41, 5.74) is 0.343. The summed E-state index contributed by atoms with van der Waals surface area (Å²) in [5, 5.41) is 0.324. The first-order valence-electron chi connectivity index (χ1n) is 5.74. The van der Waals surface area contributed by atoms with Gasteiger partial charge in [0, 0.05) is 28.1 Å². The molecule has 0 amide bonds. The number of hydrogen-bond donors (Lipinski definition) is 0. The van der Waals surface area contributed by atoms with E-state index >= 15 is 0 Å². The maximum Gasteiger partial charge on any atom is 0.454 e. The summed E-state index contributed by atoms with van der Waals surface area (Å²) in [7, 11) is 0. The van der Waals surface area contributed by atoms with E-state index in [2.05, 4.69) is 15.9 Å². The lowest BCUT2D eigenvalue weighted by atomic mass is 10.1. The number of carbonyl (C=O) groups excluding carboxylic acids is 1. The number of rotatable bonds is 3. The molecule has 1 heterocycles. The van der Waals surface area contributed by atoms with Gasteiger partial charge in [-0.05, 0) is 24.6 Å². The van der Waals surface area contributed by atoms with Crippen molar-refractivity contribution in [3.05, 3.63) is 34.4 Å². The van der Waals surface area contributed by atoms with Crippen molar-refractivity contribution in [3.63, 3.8) is 0 Å². The van der Waals surface area contributed by atoms with Crippen molar-refractivity contribution < 1.29 is 18.0 Å². The highest BCUT2D eigenvalue weighted by molar-refractivity contribution is 9.10. The van der Waals surface area contributed by atoms with Crippen LogP contribution in [0.4, 0.5) is 13.2 Å². The van der Waals surface area contributed by atoms with Gasteiger partial charge >= 0.3 is 6.18 Å². The van der Waals surface area contributed by atoms with Gasteiger partial charge in [0.05, 0.1) is 5.56 Å². The zero-order valence-electron chi connectivity index (χ0n) is 10.1.